The summed E-state index contributed by atoms with van der Waals surface area (Å²) in [7, 11) is 1.71. The van der Waals surface area contributed by atoms with Crippen LogP contribution in [0, 0.1) is 11.8 Å². The van der Waals surface area contributed by atoms with Crippen molar-refractivity contribution in [2.24, 2.45) is 18.9 Å². The Labute approximate surface area is 156 Å². The van der Waals surface area contributed by atoms with Gasteiger partial charge in [-0.25, -0.2) is 0 Å². The summed E-state index contributed by atoms with van der Waals surface area (Å²) in [6.07, 6.45) is 9.49. The van der Waals surface area contributed by atoms with Gasteiger partial charge in [0.25, 0.3) is 11.5 Å². The molecule has 0 saturated carbocycles. The number of carbonyl (C=O) groups is 1. The summed E-state index contributed by atoms with van der Waals surface area (Å²) in [5.41, 5.74) is 0.423. The largest absolute Gasteiger partial charge is 0.338 e. The van der Waals surface area contributed by atoms with Crippen LogP contribution >= 0.6 is 0 Å². The number of aryl methyl sites for hydroxylation is 1. The zero-order valence-electron chi connectivity index (χ0n) is 16.1. The number of amides is 1. The highest BCUT2D eigenvalue weighted by Crippen LogP contribution is 2.40. The number of piperidine rings is 3. The summed E-state index contributed by atoms with van der Waals surface area (Å²) in [5, 5.41) is 0. The van der Waals surface area contributed by atoms with Gasteiger partial charge in [-0.15, -0.1) is 0 Å². The van der Waals surface area contributed by atoms with Gasteiger partial charge in [0, 0.05) is 56.6 Å². The SMILES string of the molecule is CCC[C@H]1CCC[C@H]2[C@@H]3C[C@@H](CN(C(=O)c4ccn(C)c(=O)c4)C3)CN12. The highest BCUT2D eigenvalue weighted by atomic mass is 16.2. The molecule has 26 heavy (non-hydrogen) atoms. The standard InChI is InChI=1S/C21H31N3O2/c1-3-5-18-6-4-7-19-17-10-15(13-24(18)19)12-23(14-17)21(26)16-8-9-22(2)20(25)11-16/h8-9,11,15,17-19H,3-7,10,12-14H2,1-2H3/t15-,17+,18-,19-/m0/s1. The van der Waals surface area contributed by atoms with Crippen molar-refractivity contribution in [2.45, 2.75) is 57.5 Å². The quantitative estimate of drug-likeness (QED) is 0.835. The summed E-state index contributed by atoms with van der Waals surface area (Å²) >= 11 is 0. The van der Waals surface area contributed by atoms with Crippen LogP contribution in [0.2, 0.25) is 0 Å². The molecule has 1 aromatic heterocycles. The van der Waals surface area contributed by atoms with Crippen molar-refractivity contribution < 1.29 is 4.79 Å². The van der Waals surface area contributed by atoms with E-state index in [0.717, 1.165) is 25.7 Å². The summed E-state index contributed by atoms with van der Waals surface area (Å²) < 4.78 is 1.51. The van der Waals surface area contributed by atoms with Crippen LogP contribution in [0.5, 0.6) is 0 Å². The Morgan fingerprint density at radius 1 is 1.23 bits per heavy atom. The molecule has 5 nitrogen and oxygen atoms in total. The Bertz CT molecular complexity index is 726. The van der Waals surface area contributed by atoms with Gasteiger partial charge in [-0.3, -0.25) is 14.5 Å². The minimum atomic E-state index is -0.117. The van der Waals surface area contributed by atoms with Gasteiger partial charge in [-0.2, -0.15) is 0 Å². The van der Waals surface area contributed by atoms with Gasteiger partial charge in [0.15, 0.2) is 0 Å². The number of hydrogen-bond donors (Lipinski definition) is 0. The number of hydrogen-bond acceptors (Lipinski definition) is 3. The van der Waals surface area contributed by atoms with Crippen LogP contribution in [0.3, 0.4) is 0 Å². The summed E-state index contributed by atoms with van der Waals surface area (Å²) in [5.74, 6) is 1.21. The second-order valence-corrected chi connectivity index (χ2v) is 8.57. The highest BCUT2D eigenvalue weighted by molar-refractivity contribution is 5.94. The first kappa shape index (κ1) is 17.8. The summed E-state index contributed by atoms with van der Waals surface area (Å²) in [6, 6.07) is 4.66. The number of pyridine rings is 1. The molecular formula is C21H31N3O2. The first-order valence-corrected chi connectivity index (χ1v) is 10.3. The molecule has 2 bridgehead atoms. The lowest BCUT2D eigenvalue weighted by atomic mass is 9.74. The van der Waals surface area contributed by atoms with Crippen LogP contribution in [-0.4, -0.2) is 52.0 Å². The van der Waals surface area contributed by atoms with Crippen LogP contribution in [0.25, 0.3) is 0 Å². The highest BCUT2D eigenvalue weighted by Gasteiger charge is 2.45. The molecule has 0 N–H and O–H groups in total. The van der Waals surface area contributed by atoms with Crippen molar-refractivity contribution in [3.8, 4) is 0 Å². The summed E-state index contributed by atoms with van der Waals surface area (Å²) in [4.78, 5) is 29.7. The van der Waals surface area contributed by atoms with Crippen molar-refractivity contribution in [2.75, 3.05) is 19.6 Å². The number of aromatic nitrogens is 1. The fourth-order valence-corrected chi connectivity index (χ4v) is 5.59. The topological polar surface area (TPSA) is 45.6 Å². The van der Waals surface area contributed by atoms with E-state index in [-0.39, 0.29) is 11.5 Å². The van der Waals surface area contributed by atoms with Crippen molar-refractivity contribution in [3.05, 3.63) is 34.2 Å². The van der Waals surface area contributed by atoms with Gasteiger partial charge in [0.05, 0.1) is 0 Å². The van der Waals surface area contributed by atoms with E-state index in [1.807, 2.05) is 4.90 Å². The molecule has 3 aliphatic rings. The third-order valence-electron chi connectivity index (χ3n) is 6.78. The third-order valence-corrected chi connectivity index (χ3v) is 6.78. The maximum Gasteiger partial charge on any atom is 0.254 e. The molecule has 4 atom stereocenters. The fourth-order valence-electron chi connectivity index (χ4n) is 5.59. The molecule has 3 aliphatic heterocycles. The molecule has 3 fully saturated rings. The monoisotopic (exact) mass is 357 g/mol. The van der Waals surface area contributed by atoms with Crippen LogP contribution in [0.4, 0.5) is 0 Å². The molecular weight excluding hydrogens is 326 g/mol. The van der Waals surface area contributed by atoms with E-state index >= 15 is 0 Å². The molecule has 0 radical (unpaired) electrons. The molecule has 5 heteroatoms. The fraction of sp³-hybridized carbons (Fsp3) is 0.714. The Morgan fingerprint density at radius 2 is 2.08 bits per heavy atom. The third kappa shape index (κ3) is 3.22. The van der Waals surface area contributed by atoms with Crippen molar-refractivity contribution in [1.82, 2.24) is 14.4 Å². The number of fused-ring (bicyclic) bond motifs is 4. The smallest absolute Gasteiger partial charge is 0.254 e. The molecule has 142 valence electrons. The first-order chi connectivity index (χ1) is 12.6. The van der Waals surface area contributed by atoms with Gasteiger partial charge < -0.3 is 9.47 Å². The molecule has 0 spiro atoms. The van der Waals surface area contributed by atoms with E-state index in [2.05, 4.69) is 11.8 Å². The zero-order chi connectivity index (χ0) is 18.3. The summed E-state index contributed by atoms with van der Waals surface area (Å²) in [6.45, 7) is 5.13. The Hall–Kier alpha value is -1.62. The van der Waals surface area contributed by atoms with E-state index in [1.54, 1.807) is 19.3 Å². The molecule has 1 amide bonds. The minimum absolute atomic E-state index is 0.0340. The molecule has 4 rings (SSSR count). The molecule has 0 aromatic carbocycles. The Balaban J connectivity index is 1.51. The average molecular weight is 357 g/mol. The predicted octanol–water partition coefficient (Wildman–Crippen LogP) is 2.50. The second-order valence-electron chi connectivity index (χ2n) is 8.57. The van der Waals surface area contributed by atoms with Gasteiger partial charge in [-0.05, 0) is 43.6 Å². The van der Waals surface area contributed by atoms with Gasteiger partial charge >= 0.3 is 0 Å². The van der Waals surface area contributed by atoms with Gasteiger partial charge in [0.2, 0.25) is 0 Å². The van der Waals surface area contributed by atoms with E-state index < -0.39 is 0 Å². The zero-order valence-corrected chi connectivity index (χ0v) is 16.1. The van der Waals surface area contributed by atoms with Gasteiger partial charge in [-0.1, -0.05) is 19.8 Å². The van der Waals surface area contributed by atoms with Crippen molar-refractivity contribution in [1.29, 1.82) is 0 Å². The average Bonchev–Trinajstić information content (AvgIpc) is 2.64. The lowest BCUT2D eigenvalue weighted by molar-refractivity contribution is -0.0519. The number of nitrogens with zero attached hydrogens (tertiary/aromatic N) is 3. The van der Waals surface area contributed by atoms with E-state index in [0.29, 0.717) is 23.4 Å². The van der Waals surface area contributed by atoms with Crippen LogP contribution in [-0.2, 0) is 7.05 Å². The van der Waals surface area contributed by atoms with E-state index in [1.165, 1.54) is 49.2 Å². The Morgan fingerprint density at radius 3 is 2.85 bits per heavy atom. The second kappa shape index (κ2) is 7.18. The maximum atomic E-state index is 13.0. The number of rotatable bonds is 3. The molecule has 3 saturated heterocycles. The van der Waals surface area contributed by atoms with Crippen molar-refractivity contribution in [3.63, 3.8) is 0 Å². The van der Waals surface area contributed by atoms with Crippen LogP contribution < -0.4 is 5.56 Å². The molecule has 4 heterocycles. The van der Waals surface area contributed by atoms with Crippen LogP contribution in [0.15, 0.2) is 23.1 Å². The van der Waals surface area contributed by atoms with E-state index in [9.17, 15) is 9.59 Å². The maximum absolute atomic E-state index is 13.0. The molecule has 0 unspecified atom stereocenters. The normalized spacial score (nSPS) is 31.5. The number of likely N-dealkylation sites (tertiary alicyclic amines) is 1. The number of carbonyl (C=O) groups excluding carboxylic acids is 1. The molecule has 0 aliphatic carbocycles. The van der Waals surface area contributed by atoms with Crippen molar-refractivity contribution >= 4 is 5.91 Å². The van der Waals surface area contributed by atoms with E-state index in [4.69, 9.17) is 0 Å². The first-order valence-electron chi connectivity index (χ1n) is 10.3. The minimum Gasteiger partial charge on any atom is -0.338 e. The lowest BCUT2D eigenvalue weighted by Gasteiger charge is -2.55. The van der Waals surface area contributed by atoms with Crippen LogP contribution in [0.1, 0.15) is 55.8 Å². The predicted molar refractivity (Wildman–Crippen MR) is 102 cm³/mol. The Kier molecular flexibility index (Phi) is 4.91. The van der Waals surface area contributed by atoms with Gasteiger partial charge in [0.1, 0.15) is 0 Å². The molecule has 1 aromatic rings. The lowest BCUT2D eigenvalue weighted by Crippen LogP contribution is -2.62.